The second kappa shape index (κ2) is 9.52. The van der Waals surface area contributed by atoms with Crippen LogP contribution in [-0.4, -0.2) is 24.0 Å². The molecule has 24 heavy (non-hydrogen) atoms. The van der Waals surface area contributed by atoms with E-state index in [0.717, 1.165) is 11.3 Å². The van der Waals surface area contributed by atoms with E-state index in [0.29, 0.717) is 44.2 Å². The number of benzene rings is 1. The molecule has 0 aliphatic carbocycles. The minimum absolute atomic E-state index is 0.00811. The van der Waals surface area contributed by atoms with Gasteiger partial charge < -0.3 is 20.5 Å². The summed E-state index contributed by atoms with van der Waals surface area (Å²) in [7, 11) is 0. The first-order chi connectivity index (χ1) is 11.7. The first-order valence-electron chi connectivity index (χ1n) is 8.03. The van der Waals surface area contributed by atoms with Gasteiger partial charge in [-0.1, -0.05) is 0 Å². The van der Waals surface area contributed by atoms with Crippen LogP contribution < -0.4 is 20.5 Å². The number of nitrogens with zero attached hydrogens (tertiary/aromatic N) is 1. The highest BCUT2D eigenvalue weighted by Crippen LogP contribution is 2.23. The van der Waals surface area contributed by atoms with Crippen LogP contribution in [0.2, 0.25) is 0 Å². The Balaban J connectivity index is 1.91. The minimum atomic E-state index is -0.00811. The monoisotopic (exact) mass is 329 g/mol. The van der Waals surface area contributed by atoms with E-state index >= 15 is 0 Å². The van der Waals surface area contributed by atoms with Crippen LogP contribution in [0.1, 0.15) is 25.3 Å². The van der Waals surface area contributed by atoms with Crippen LogP contribution in [0.25, 0.3) is 0 Å². The number of hydrogen-bond acceptors (Lipinski definition) is 5. The maximum Gasteiger partial charge on any atom is 0.220 e. The fourth-order valence-electron chi connectivity index (χ4n) is 2.06. The van der Waals surface area contributed by atoms with Crippen LogP contribution in [0.3, 0.4) is 0 Å². The molecule has 128 valence electrons. The van der Waals surface area contributed by atoms with Crippen molar-refractivity contribution in [3.05, 3.63) is 48.2 Å². The lowest BCUT2D eigenvalue weighted by molar-refractivity contribution is -0.121. The minimum Gasteiger partial charge on any atom is -0.494 e. The highest BCUT2D eigenvalue weighted by Gasteiger charge is 2.04. The summed E-state index contributed by atoms with van der Waals surface area (Å²) in [5.41, 5.74) is 6.31. The van der Waals surface area contributed by atoms with Crippen LogP contribution in [-0.2, 0) is 11.3 Å². The topological polar surface area (TPSA) is 86.5 Å². The lowest BCUT2D eigenvalue weighted by Crippen LogP contribution is -2.23. The van der Waals surface area contributed by atoms with E-state index in [1.165, 1.54) is 0 Å². The fourth-order valence-corrected chi connectivity index (χ4v) is 2.06. The van der Waals surface area contributed by atoms with Crippen molar-refractivity contribution in [1.29, 1.82) is 0 Å². The van der Waals surface area contributed by atoms with Crippen LogP contribution in [0.4, 0.5) is 0 Å². The van der Waals surface area contributed by atoms with Crippen molar-refractivity contribution < 1.29 is 14.3 Å². The summed E-state index contributed by atoms with van der Waals surface area (Å²) < 4.78 is 11.1. The summed E-state index contributed by atoms with van der Waals surface area (Å²) in [4.78, 5) is 15.8. The van der Waals surface area contributed by atoms with Gasteiger partial charge in [0.1, 0.15) is 11.5 Å². The molecule has 0 aliphatic heterocycles. The summed E-state index contributed by atoms with van der Waals surface area (Å²) in [5, 5.41) is 2.85. The van der Waals surface area contributed by atoms with Gasteiger partial charge in [0.25, 0.3) is 0 Å². The number of ether oxygens (including phenoxy) is 2. The average molecular weight is 329 g/mol. The molecule has 0 spiro atoms. The molecule has 0 fully saturated rings. The van der Waals surface area contributed by atoms with Gasteiger partial charge in [-0.3, -0.25) is 4.79 Å². The van der Waals surface area contributed by atoms with E-state index in [1.807, 2.05) is 37.3 Å². The van der Waals surface area contributed by atoms with E-state index in [4.69, 9.17) is 15.2 Å². The maximum absolute atomic E-state index is 11.6. The van der Waals surface area contributed by atoms with Gasteiger partial charge in [-0.15, -0.1) is 0 Å². The molecule has 0 saturated carbocycles. The van der Waals surface area contributed by atoms with Gasteiger partial charge in [-0.05, 0) is 55.8 Å². The van der Waals surface area contributed by atoms with Gasteiger partial charge in [-0.2, -0.15) is 0 Å². The Hall–Kier alpha value is -2.60. The summed E-state index contributed by atoms with van der Waals surface area (Å²) in [6.07, 6.45) is 2.79. The SMILES string of the molecule is CCOc1ccc(Oc2cc(CNC(=O)CCCN)ccn2)cc1. The van der Waals surface area contributed by atoms with Gasteiger partial charge in [0, 0.05) is 25.2 Å². The highest BCUT2D eigenvalue weighted by atomic mass is 16.5. The molecule has 0 aliphatic rings. The number of amides is 1. The maximum atomic E-state index is 11.6. The van der Waals surface area contributed by atoms with Gasteiger partial charge in [0.05, 0.1) is 6.61 Å². The van der Waals surface area contributed by atoms with Crippen LogP contribution in [0, 0.1) is 0 Å². The van der Waals surface area contributed by atoms with Gasteiger partial charge in [-0.25, -0.2) is 4.98 Å². The zero-order valence-electron chi connectivity index (χ0n) is 13.8. The molecule has 0 saturated heterocycles. The molecular weight excluding hydrogens is 306 g/mol. The quantitative estimate of drug-likeness (QED) is 0.738. The number of rotatable bonds is 9. The Kier molecular flexibility index (Phi) is 7.04. The molecular formula is C18H23N3O3. The standard InChI is InChI=1S/C18H23N3O3/c1-2-23-15-5-7-16(8-6-15)24-18-12-14(9-11-20-18)13-21-17(22)4-3-10-19/h5-9,11-12H,2-4,10,13,19H2,1H3,(H,21,22). The van der Waals surface area contributed by atoms with Crippen LogP contribution >= 0.6 is 0 Å². The molecule has 0 atom stereocenters. The Morgan fingerprint density at radius 2 is 1.96 bits per heavy atom. The molecule has 3 N–H and O–H groups in total. The Morgan fingerprint density at radius 1 is 1.21 bits per heavy atom. The first-order valence-corrected chi connectivity index (χ1v) is 8.03. The number of nitrogens with two attached hydrogens (primary N) is 1. The predicted molar refractivity (Wildman–Crippen MR) is 92.1 cm³/mol. The normalized spacial score (nSPS) is 10.2. The molecule has 1 heterocycles. The molecule has 1 aromatic heterocycles. The zero-order chi connectivity index (χ0) is 17.2. The highest BCUT2D eigenvalue weighted by molar-refractivity contribution is 5.75. The molecule has 0 unspecified atom stereocenters. The van der Waals surface area contributed by atoms with Crippen molar-refractivity contribution in [2.45, 2.75) is 26.3 Å². The van der Waals surface area contributed by atoms with Gasteiger partial charge in [0.15, 0.2) is 0 Å². The van der Waals surface area contributed by atoms with Crippen molar-refractivity contribution in [2.75, 3.05) is 13.2 Å². The molecule has 2 aromatic rings. The van der Waals surface area contributed by atoms with Crippen molar-refractivity contribution in [2.24, 2.45) is 5.73 Å². The molecule has 2 rings (SSSR count). The van der Waals surface area contributed by atoms with Crippen LogP contribution in [0.5, 0.6) is 17.4 Å². The third-order valence-electron chi connectivity index (χ3n) is 3.25. The molecule has 6 nitrogen and oxygen atoms in total. The molecule has 0 bridgehead atoms. The summed E-state index contributed by atoms with van der Waals surface area (Å²) in [6, 6.07) is 11.0. The van der Waals surface area contributed by atoms with E-state index in [9.17, 15) is 4.79 Å². The second-order valence-electron chi connectivity index (χ2n) is 5.18. The third-order valence-corrected chi connectivity index (χ3v) is 3.25. The second-order valence-corrected chi connectivity index (χ2v) is 5.18. The zero-order valence-corrected chi connectivity index (χ0v) is 13.8. The predicted octanol–water partition coefficient (Wildman–Crippen LogP) is 2.63. The van der Waals surface area contributed by atoms with Crippen LogP contribution in [0.15, 0.2) is 42.6 Å². The summed E-state index contributed by atoms with van der Waals surface area (Å²) in [5.74, 6) is 1.95. The number of hydrogen-bond donors (Lipinski definition) is 2. The number of aromatic nitrogens is 1. The van der Waals surface area contributed by atoms with E-state index in [2.05, 4.69) is 10.3 Å². The van der Waals surface area contributed by atoms with Gasteiger partial charge >= 0.3 is 0 Å². The van der Waals surface area contributed by atoms with Gasteiger partial charge in [0.2, 0.25) is 11.8 Å². The number of carbonyl (C=O) groups excluding carboxylic acids is 1. The Morgan fingerprint density at radius 3 is 2.67 bits per heavy atom. The van der Waals surface area contributed by atoms with Crippen molar-refractivity contribution >= 4 is 5.91 Å². The molecule has 0 radical (unpaired) electrons. The van der Waals surface area contributed by atoms with E-state index < -0.39 is 0 Å². The van der Waals surface area contributed by atoms with Crippen molar-refractivity contribution in [3.63, 3.8) is 0 Å². The summed E-state index contributed by atoms with van der Waals surface area (Å²) >= 11 is 0. The van der Waals surface area contributed by atoms with Crippen molar-refractivity contribution in [1.82, 2.24) is 10.3 Å². The molecule has 1 aromatic carbocycles. The Labute approximate surface area is 142 Å². The average Bonchev–Trinajstić information content (AvgIpc) is 2.60. The third kappa shape index (κ3) is 5.89. The Bertz CT molecular complexity index is 644. The fraction of sp³-hybridized carbons (Fsp3) is 0.333. The number of carbonyl (C=O) groups is 1. The number of nitrogens with one attached hydrogen (secondary N) is 1. The lowest BCUT2D eigenvalue weighted by Gasteiger charge is -2.09. The first kappa shape index (κ1) is 17.7. The smallest absolute Gasteiger partial charge is 0.220 e. The largest absolute Gasteiger partial charge is 0.494 e. The summed E-state index contributed by atoms with van der Waals surface area (Å²) in [6.45, 7) is 3.52. The number of pyridine rings is 1. The molecule has 1 amide bonds. The van der Waals surface area contributed by atoms with E-state index in [1.54, 1.807) is 12.3 Å². The van der Waals surface area contributed by atoms with E-state index in [-0.39, 0.29) is 5.91 Å². The lowest BCUT2D eigenvalue weighted by atomic mass is 10.2. The molecule has 6 heteroatoms. The van der Waals surface area contributed by atoms with Crippen molar-refractivity contribution in [3.8, 4) is 17.4 Å².